The molecule has 198 valence electrons. The highest BCUT2D eigenvalue weighted by atomic mass is 32.2. The Balaban J connectivity index is 1.60. The van der Waals surface area contributed by atoms with Gasteiger partial charge in [-0.15, -0.1) is 0 Å². The number of sulfone groups is 1. The van der Waals surface area contributed by atoms with Crippen molar-refractivity contribution in [1.29, 1.82) is 0 Å². The standard InChI is InChI=1S/C24H18F4N4O5S/c1-14-22(34)32(18-6-8-19(9-7-18)38(36,37)24(26,27)28)23(35)31(14)13-15-10-11-29-20(12-15)30-21(33)16-2-4-17(25)5-3-16/h2-12,34H,13H2,1H3,(H,29,30,33). The molecule has 0 fully saturated rings. The molecule has 0 saturated heterocycles. The average molecular weight is 550 g/mol. The van der Waals surface area contributed by atoms with Gasteiger partial charge in [0.25, 0.3) is 15.7 Å². The Hall–Kier alpha value is -4.46. The summed E-state index contributed by atoms with van der Waals surface area (Å²) in [6, 6.07) is 11.2. The van der Waals surface area contributed by atoms with Gasteiger partial charge in [-0.3, -0.25) is 9.36 Å². The normalized spacial score (nSPS) is 11.9. The minimum atomic E-state index is -5.58. The number of aromatic nitrogens is 3. The number of hydrogen-bond donors (Lipinski definition) is 2. The van der Waals surface area contributed by atoms with Crippen molar-refractivity contribution in [3.63, 3.8) is 0 Å². The summed E-state index contributed by atoms with van der Waals surface area (Å²) in [5.41, 5.74) is -5.48. The van der Waals surface area contributed by atoms with Crippen LogP contribution in [0.5, 0.6) is 5.88 Å². The molecule has 4 rings (SSSR count). The molecule has 0 aliphatic heterocycles. The molecule has 0 bridgehead atoms. The first-order chi connectivity index (χ1) is 17.8. The van der Waals surface area contributed by atoms with Gasteiger partial charge in [-0.05, 0) is 73.2 Å². The van der Waals surface area contributed by atoms with E-state index in [1.165, 1.54) is 35.9 Å². The van der Waals surface area contributed by atoms with Crippen LogP contribution >= 0.6 is 0 Å². The topological polar surface area (TPSA) is 123 Å². The van der Waals surface area contributed by atoms with Gasteiger partial charge in [0.2, 0.25) is 5.88 Å². The van der Waals surface area contributed by atoms with Crippen LogP contribution < -0.4 is 11.0 Å². The number of hydrogen-bond acceptors (Lipinski definition) is 6. The Bertz CT molecular complexity index is 1680. The Kier molecular flexibility index (Phi) is 6.84. The molecule has 14 heteroatoms. The van der Waals surface area contributed by atoms with Gasteiger partial charge < -0.3 is 10.4 Å². The third-order valence-corrected chi connectivity index (χ3v) is 7.09. The number of imidazole rings is 1. The maximum Gasteiger partial charge on any atom is 0.501 e. The van der Waals surface area contributed by atoms with Crippen LogP contribution in [0, 0.1) is 12.7 Å². The summed E-state index contributed by atoms with van der Waals surface area (Å²) in [6.07, 6.45) is 1.38. The molecule has 9 nitrogen and oxygen atoms in total. The summed E-state index contributed by atoms with van der Waals surface area (Å²) in [6.45, 7) is 1.36. The summed E-state index contributed by atoms with van der Waals surface area (Å²) in [4.78, 5) is 28.5. The molecular weight excluding hydrogens is 532 g/mol. The summed E-state index contributed by atoms with van der Waals surface area (Å²) in [7, 11) is -5.58. The van der Waals surface area contributed by atoms with Crippen molar-refractivity contribution in [3.8, 4) is 11.6 Å². The summed E-state index contributed by atoms with van der Waals surface area (Å²) in [5.74, 6) is -1.39. The number of halogens is 4. The van der Waals surface area contributed by atoms with Crippen molar-refractivity contribution in [3.05, 3.63) is 100.0 Å². The van der Waals surface area contributed by atoms with Crippen molar-refractivity contribution >= 4 is 21.6 Å². The van der Waals surface area contributed by atoms with Crippen LogP contribution in [-0.2, 0) is 16.4 Å². The number of pyridine rings is 1. The van der Waals surface area contributed by atoms with Crippen molar-refractivity contribution < 1.29 is 35.9 Å². The highest BCUT2D eigenvalue weighted by molar-refractivity contribution is 7.92. The van der Waals surface area contributed by atoms with Crippen LogP contribution in [0.1, 0.15) is 21.6 Å². The van der Waals surface area contributed by atoms with E-state index >= 15 is 0 Å². The third-order valence-electron chi connectivity index (χ3n) is 5.59. The lowest BCUT2D eigenvalue weighted by molar-refractivity contribution is -0.0436. The zero-order valence-electron chi connectivity index (χ0n) is 19.4. The lowest BCUT2D eigenvalue weighted by atomic mass is 10.2. The predicted octanol–water partition coefficient (Wildman–Crippen LogP) is 3.78. The Morgan fingerprint density at radius 2 is 1.68 bits per heavy atom. The number of aromatic hydroxyl groups is 1. The number of amides is 1. The molecule has 0 unspecified atom stereocenters. The first kappa shape index (κ1) is 26.6. The number of nitrogens with one attached hydrogen (secondary N) is 1. The molecule has 0 atom stereocenters. The molecule has 1 amide bonds. The lowest BCUT2D eigenvalue weighted by Gasteiger charge is -2.09. The number of anilines is 1. The molecule has 2 aromatic carbocycles. The predicted molar refractivity (Wildman–Crippen MR) is 127 cm³/mol. The zero-order chi connectivity index (χ0) is 27.8. The Morgan fingerprint density at radius 3 is 2.29 bits per heavy atom. The zero-order valence-corrected chi connectivity index (χ0v) is 20.2. The van der Waals surface area contributed by atoms with E-state index in [1.807, 2.05) is 0 Å². The number of alkyl halides is 3. The van der Waals surface area contributed by atoms with E-state index in [9.17, 15) is 40.7 Å². The number of benzene rings is 2. The molecule has 2 aromatic heterocycles. The average Bonchev–Trinajstić information content (AvgIpc) is 3.07. The first-order valence-corrected chi connectivity index (χ1v) is 12.2. The SMILES string of the molecule is Cc1c(O)n(-c2ccc(S(=O)(=O)C(F)(F)F)cc2)c(=O)n1Cc1ccnc(NC(=O)c2ccc(F)cc2)c1. The highest BCUT2D eigenvalue weighted by Crippen LogP contribution is 2.31. The van der Waals surface area contributed by atoms with Crippen LogP contribution in [0.25, 0.3) is 5.69 Å². The maximum absolute atomic E-state index is 13.1. The van der Waals surface area contributed by atoms with E-state index in [2.05, 4.69) is 10.3 Å². The minimum Gasteiger partial charge on any atom is -0.493 e. The second kappa shape index (κ2) is 9.78. The Labute approximate surface area is 212 Å². The van der Waals surface area contributed by atoms with Crippen LogP contribution in [0.15, 0.2) is 76.6 Å². The molecule has 38 heavy (non-hydrogen) atoms. The van der Waals surface area contributed by atoms with Gasteiger partial charge in [0, 0.05) is 11.8 Å². The Morgan fingerprint density at radius 1 is 1.05 bits per heavy atom. The molecule has 0 spiro atoms. The third kappa shape index (κ3) is 5.02. The van der Waals surface area contributed by atoms with E-state index < -0.39 is 43.5 Å². The second-order valence-electron chi connectivity index (χ2n) is 8.07. The summed E-state index contributed by atoms with van der Waals surface area (Å²) >= 11 is 0. The molecular formula is C24H18F4N4O5S. The number of nitrogens with zero attached hydrogens (tertiary/aromatic N) is 3. The summed E-state index contributed by atoms with van der Waals surface area (Å²) in [5, 5.41) is 13.1. The number of rotatable bonds is 6. The van der Waals surface area contributed by atoms with Gasteiger partial charge in [0.1, 0.15) is 11.6 Å². The van der Waals surface area contributed by atoms with Gasteiger partial charge in [-0.2, -0.15) is 13.2 Å². The van der Waals surface area contributed by atoms with Crippen molar-refractivity contribution in [2.75, 3.05) is 5.32 Å². The minimum absolute atomic E-state index is 0.0579. The number of carbonyl (C=O) groups excluding carboxylic acids is 1. The lowest BCUT2D eigenvalue weighted by Crippen LogP contribution is -2.25. The van der Waals surface area contributed by atoms with Gasteiger partial charge in [0.05, 0.1) is 22.8 Å². The van der Waals surface area contributed by atoms with Crippen LogP contribution in [0.4, 0.5) is 23.4 Å². The quantitative estimate of drug-likeness (QED) is 0.353. The number of carbonyl (C=O) groups is 1. The molecule has 0 aliphatic carbocycles. The van der Waals surface area contributed by atoms with Crippen LogP contribution in [0.2, 0.25) is 0 Å². The van der Waals surface area contributed by atoms with Gasteiger partial charge in [0.15, 0.2) is 0 Å². The monoisotopic (exact) mass is 550 g/mol. The van der Waals surface area contributed by atoms with Gasteiger partial charge in [-0.25, -0.2) is 27.2 Å². The molecule has 2 N–H and O–H groups in total. The van der Waals surface area contributed by atoms with E-state index in [0.717, 1.165) is 28.8 Å². The van der Waals surface area contributed by atoms with Crippen LogP contribution in [-0.4, -0.2) is 39.1 Å². The first-order valence-electron chi connectivity index (χ1n) is 10.7. The second-order valence-corrected chi connectivity index (χ2v) is 10.0. The van der Waals surface area contributed by atoms with Crippen molar-refractivity contribution in [2.24, 2.45) is 0 Å². The summed E-state index contributed by atoms with van der Waals surface area (Å²) < 4.78 is 76.7. The van der Waals surface area contributed by atoms with Crippen LogP contribution in [0.3, 0.4) is 0 Å². The largest absolute Gasteiger partial charge is 0.501 e. The van der Waals surface area contributed by atoms with Gasteiger partial charge in [-0.1, -0.05) is 0 Å². The van der Waals surface area contributed by atoms with E-state index in [0.29, 0.717) is 17.7 Å². The fourth-order valence-corrected chi connectivity index (χ4v) is 4.34. The molecule has 0 radical (unpaired) electrons. The highest BCUT2D eigenvalue weighted by Gasteiger charge is 2.46. The fourth-order valence-electron chi connectivity index (χ4n) is 3.58. The van der Waals surface area contributed by atoms with E-state index in [4.69, 9.17) is 0 Å². The van der Waals surface area contributed by atoms with Crippen molar-refractivity contribution in [2.45, 2.75) is 23.9 Å². The smallest absolute Gasteiger partial charge is 0.493 e. The van der Waals surface area contributed by atoms with E-state index in [-0.39, 0.29) is 29.3 Å². The van der Waals surface area contributed by atoms with Gasteiger partial charge >= 0.3 is 11.2 Å². The molecule has 0 aliphatic rings. The fraction of sp³-hybridized carbons (Fsp3) is 0.125. The molecule has 0 saturated carbocycles. The maximum atomic E-state index is 13.1. The molecule has 2 heterocycles. The van der Waals surface area contributed by atoms with Crippen molar-refractivity contribution in [1.82, 2.24) is 14.1 Å². The molecule has 4 aromatic rings. The van der Waals surface area contributed by atoms with E-state index in [1.54, 1.807) is 6.07 Å².